The molecule has 0 aliphatic carbocycles. The third kappa shape index (κ3) is 7.12. The molecule has 0 unspecified atom stereocenters. The molecule has 33 heavy (non-hydrogen) atoms. The first-order valence-corrected chi connectivity index (χ1v) is 11.0. The molecular formula is C22H15Cl2F3N2O3S. The molecule has 0 radical (unpaired) electrons. The predicted octanol–water partition coefficient (Wildman–Crippen LogP) is 7.76. The van der Waals surface area contributed by atoms with Crippen LogP contribution in [0, 0.1) is 10.1 Å². The highest BCUT2D eigenvalue weighted by atomic mass is 35.5. The molecule has 0 aromatic heterocycles. The smallest absolute Gasteiger partial charge is 0.391 e. The first kappa shape index (κ1) is 24.9. The van der Waals surface area contributed by atoms with Crippen LogP contribution in [0.5, 0.6) is 0 Å². The second kappa shape index (κ2) is 10.9. The first-order chi connectivity index (χ1) is 15.6. The van der Waals surface area contributed by atoms with Gasteiger partial charge in [0.2, 0.25) is 0 Å². The van der Waals surface area contributed by atoms with Crippen molar-refractivity contribution >= 4 is 46.9 Å². The Morgan fingerprint density at radius 2 is 1.82 bits per heavy atom. The number of alkyl halides is 3. The lowest BCUT2D eigenvalue weighted by molar-refractivity contribution is -0.387. The topological polar surface area (TPSA) is 64.7 Å². The monoisotopic (exact) mass is 514 g/mol. The zero-order chi connectivity index (χ0) is 24.0. The van der Waals surface area contributed by atoms with Gasteiger partial charge < -0.3 is 4.84 Å². The van der Waals surface area contributed by atoms with Crippen LogP contribution in [0.15, 0.2) is 70.7 Å². The number of oxime groups is 1. The van der Waals surface area contributed by atoms with E-state index in [1.165, 1.54) is 24.4 Å². The van der Waals surface area contributed by atoms with Crippen LogP contribution >= 0.6 is 35.0 Å². The lowest BCUT2D eigenvalue weighted by Gasteiger charge is -2.09. The molecule has 0 fully saturated rings. The highest BCUT2D eigenvalue weighted by molar-refractivity contribution is 7.98. The fourth-order valence-electron chi connectivity index (χ4n) is 2.72. The van der Waals surface area contributed by atoms with Crippen LogP contribution in [0.4, 0.5) is 18.9 Å². The Morgan fingerprint density at radius 3 is 2.52 bits per heavy atom. The van der Waals surface area contributed by atoms with Gasteiger partial charge in [-0.1, -0.05) is 58.7 Å². The van der Waals surface area contributed by atoms with E-state index in [2.05, 4.69) is 5.16 Å². The van der Waals surface area contributed by atoms with Crippen molar-refractivity contribution in [1.82, 2.24) is 0 Å². The predicted molar refractivity (Wildman–Crippen MR) is 123 cm³/mol. The molecule has 3 aromatic rings. The van der Waals surface area contributed by atoms with Crippen LogP contribution in [-0.4, -0.2) is 11.1 Å². The molecule has 5 nitrogen and oxygen atoms in total. The summed E-state index contributed by atoms with van der Waals surface area (Å²) < 4.78 is 38.6. The van der Waals surface area contributed by atoms with Gasteiger partial charge >= 0.3 is 6.18 Å². The Bertz CT molecular complexity index is 1190. The van der Waals surface area contributed by atoms with Crippen LogP contribution in [0.3, 0.4) is 0 Å². The summed E-state index contributed by atoms with van der Waals surface area (Å²) in [5.41, 5.74) is 0.640. The number of rotatable bonds is 8. The molecular weight excluding hydrogens is 500 g/mol. The maximum absolute atomic E-state index is 12.9. The Kier molecular flexibility index (Phi) is 8.23. The van der Waals surface area contributed by atoms with E-state index in [1.54, 1.807) is 30.3 Å². The molecule has 3 rings (SSSR count). The van der Waals surface area contributed by atoms with Crippen molar-refractivity contribution in [2.75, 3.05) is 0 Å². The summed E-state index contributed by atoms with van der Waals surface area (Å²) in [6.07, 6.45) is -3.12. The van der Waals surface area contributed by atoms with Crippen LogP contribution in [0.2, 0.25) is 10.0 Å². The molecule has 0 atom stereocenters. The fourth-order valence-corrected chi connectivity index (χ4v) is 3.99. The summed E-state index contributed by atoms with van der Waals surface area (Å²) >= 11 is 12.9. The molecule has 0 spiro atoms. The lowest BCUT2D eigenvalue weighted by atomic mass is 10.1. The van der Waals surface area contributed by atoms with Gasteiger partial charge in [0.15, 0.2) is 0 Å². The average Bonchev–Trinajstić information content (AvgIpc) is 2.77. The third-order valence-electron chi connectivity index (χ3n) is 4.32. The van der Waals surface area contributed by atoms with E-state index in [1.807, 2.05) is 0 Å². The minimum absolute atomic E-state index is 0.125. The van der Waals surface area contributed by atoms with Crippen LogP contribution in [0.1, 0.15) is 22.3 Å². The number of halogens is 5. The van der Waals surface area contributed by atoms with Crippen LogP contribution < -0.4 is 0 Å². The second-order valence-corrected chi connectivity index (χ2v) is 8.56. The average molecular weight is 515 g/mol. The maximum Gasteiger partial charge on any atom is 0.416 e. The van der Waals surface area contributed by atoms with Gasteiger partial charge in [-0.25, -0.2) is 0 Å². The number of nitrogens with zero attached hydrogens (tertiary/aromatic N) is 2. The standard InChI is InChI=1S/C22H15Cl2F3N2O3S/c23-18-6-4-15(9-19(18)24)12-32-28-11-14-5-7-21(20(10-14)29(30)31)33-13-16-2-1-3-17(8-16)22(25,26)27/h1-11H,12-13H2/b28-11+. The molecule has 0 saturated heterocycles. The second-order valence-electron chi connectivity index (χ2n) is 6.73. The fraction of sp³-hybridized carbons (Fsp3) is 0.136. The van der Waals surface area contributed by atoms with E-state index < -0.39 is 16.7 Å². The summed E-state index contributed by atoms with van der Waals surface area (Å²) in [5.74, 6) is 0.144. The molecule has 0 amide bonds. The largest absolute Gasteiger partial charge is 0.416 e. The van der Waals surface area contributed by atoms with Gasteiger partial charge in [-0.3, -0.25) is 10.1 Å². The molecule has 3 aromatic carbocycles. The molecule has 172 valence electrons. The number of hydrogen-bond donors (Lipinski definition) is 0. The summed E-state index contributed by atoms with van der Waals surface area (Å²) in [5, 5.41) is 16.1. The zero-order valence-electron chi connectivity index (χ0n) is 16.7. The van der Waals surface area contributed by atoms with E-state index in [4.69, 9.17) is 28.0 Å². The molecule has 0 heterocycles. The van der Waals surface area contributed by atoms with E-state index in [0.29, 0.717) is 26.1 Å². The summed E-state index contributed by atoms with van der Waals surface area (Å²) in [7, 11) is 0. The number of hydrogen-bond acceptors (Lipinski definition) is 5. The Balaban J connectivity index is 1.66. The van der Waals surface area contributed by atoms with Crippen molar-refractivity contribution in [3.05, 3.63) is 103 Å². The van der Waals surface area contributed by atoms with Gasteiger partial charge in [0.1, 0.15) is 6.61 Å². The number of thioether (sulfide) groups is 1. The number of nitro groups is 1. The van der Waals surface area contributed by atoms with Crippen molar-refractivity contribution in [2.45, 2.75) is 23.4 Å². The van der Waals surface area contributed by atoms with Gasteiger partial charge in [-0.15, -0.1) is 11.8 Å². The quantitative estimate of drug-likeness (QED) is 0.133. The number of nitro benzene ring substituents is 1. The highest BCUT2D eigenvalue weighted by Gasteiger charge is 2.30. The van der Waals surface area contributed by atoms with Crippen LogP contribution in [-0.2, 0) is 23.4 Å². The summed E-state index contributed by atoms with van der Waals surface area (Å²) in [4.78, 5) is 16.5. The van der Waals surface area contributed by atoms with Gasteiger partial charge in [0.05, 0.1) is 31.6 Å². The minimum atomic E-state index is -4.45. The van der Waals surface area contributed by atoms with Gasteiger partial charge in [0.25, 0.3) is 5.69 Å². The first-order valence-electron chi connectivity index (χ1n) is 9.30. The summed E-state index contributed by atoms with van der Waals surface area (Å²) in [6.45, 7) is 0.125. The summed E-state index contributed by atoms with van der Waals surface area (Å²) in [6, 6.07) is 14.3. The maximum atomic E-state index is 12.9. The SMILES string of the molecule is O=[N+]([O-])c1cc(/C=N/OCc2ccc(Cl)c(Cl)c2)ccc1SCc1cccc(C(F)(F)F)c1. The van der Waals surface area contributed by atoms with E-state index >= 15 is 0 Å². The normalized spacial score (nSPS) is 11.7. The molecule has 0 N–H and O–H groups in total. The van der Waals surface area contributed by atoms with Gasteiger partial charge in [0, 0.05) is 17.4 Å². The van der Waals surface area contributed by atoms with Gasteiger partial charge in [-0.2, -0.15) is 13.2 Å². The molecule has 11 heteroatoms. The number of benzene rings is 3. The van der Waals surface area contributed by atoms with E-state index in [-0.39, 0.29) is 18.0 Å². The van der Waals surface area contributed by atoms with Crippen molar-refractivity contribution in [2.24, 2.45) is 5.16 Å². The highest BCUT2D eigenvalue weighted by Crippen LogP contribution is 2.34. The Morgan fingerprint density at radius 1 is 1.03 bits per heavy atom. The van der Waals surface area contributed by atoms with Crippen LogP contribution in [0.25, 0.3) is 0 Å². The van der Waals surface area contributed by atoms with E-state index in [9.17, 15) is 23.3 Å². The van der Waals surface area contributed by atoms with Crippen molar-refractivity contribution in [3.8, 4) is 0 Å². The molecule has 0 aliphatic heterocycles. The molecule has 0 saturated carbocycles. The molecule has 0 bridgehead atoms. The third-order valence-corrected chi connectivity index (χ3v) is 6.19. The van der Waals surface area contributed by atoms with Crippen molar-refractivity contribution in [1.29, 1.82) is 0 Å². The Hall–Kier alpha value is -2.75. The van der Waals surface area contributed by atoms with Crippen molar-refractivity contribution in [3.63, 3.8) is 0 Å². The minimum Gasteiger partial charge on any atom is -0.391 e. The van der Waals surface area contributed by atoms with Crippen molar-refractivity contribution < 1.29 is 22.9 Å². The van der Waals surface area contributed by atoms with E-state index in [0.717, 1.165) is 29.5 Å². The lowest BCUT2D eigenvalue weighted by Crippen LogP contribution is -2.04. The van der Waals surface area contributed by atoms with Gasteiger partial charge in [-0.05, 0) is 35.4 Å². The molecule has 0 aliphatic rings. The zero-order valence-corrected chi connectivity index (χ0v) is 19.0. The Labute approximate surface area is 201 Å².